The van der Waals surface area contributed by atoms with Gasteiger partial charge in [-0.1, -0.05) is 54.6 Å². The van der Waals surface area contributed by atoms with Gasteiger partial charge in [-0.05, 0) is 35.7 Å². The molecule has 6 nitrogen and oxygen atoms in total. The van der Waals surface area contributed by atoms with Crippen LogP contribution in [0.3, 0.4) is 0 Å². The highest BCUT2D eigenvalue weighted by molar-refractivity contribution is 6.07. The second-order valence-electron chi connectivity index (χ2n) is 7.26. The third-order valence-corrected chi connectivity index (χ3v) is 5.16. The molecule has 2 unspecified atom stereocenters. The van der Waals surface area contributed by atoms with Crippen molar-refractivity contribution in [2.45, 2.75) is 25.2 Å². The molecule has 1 amide bonds. The lowest BCUT2D eigenvalue weighted by molar-refractivity contribution is 0.0137. The molecular weight excluding hydrogens is 380 g/mol. The number of H-pyrrole nitrogens is 1. The van der Waals surface area contributed by atoms with Gasteiger partial charge in [-0.3, -0.25) is 0 Å². The minimum Gasteiger partial charge on any atom is -0.445 e. The van der Waals surface area contributed by atoms with Crippen LogP contribution in [0.4, 0.5) is 4.79 Å². The monoisotopic (exact) mass is 404 g/mol. The first-order valence-corrected chi connectivity index (χ1v) is 9.93. The number of aromatic nitrogens is 1. The van der Waals surface area contributed by atoms with Crippen LogP contribution in [-0.2, 0) is 11.3 Å². The van der Waals surface area contributed by atoms with Crippen LogP contribution in [0.15, 0.2) is 72.8 Å². The van der Waals surface area contributed by atoms with Crippen molar-refractivity contribution in [3.63, 3.8) is 0 Å². The summed E-state index contributed by atoms with van der Waals surface area (Å²) in [4.78, 5) is 15.1. The summed E-state index contributed by atoms with van der Waals surface area (Å²) in [7, 11) is 0. The normalized spacial score (nSPS) is 13.3. The molecule has 0 saturated heterocycles. The van der Waals surface area contributed by atoms with E-state index in [0.29, 0.717) is 5.56 Å². The van der Waals surface area contributed by atoms with Gasteiger partial charge in [0.05, 0.1) is 6.10 Å². The summed E-state index contributed by atoms with van der Waals surface area (Å²) in [5.74, 6) is 0. The van der Waals surface area contributed by atoms with E-state index >= 15 is 0 Å². The number of benzene rings is 3. The Morgan fingerprint density at radius 2 is 1.67 bits per heavy atom. The molecule has 0 radical (unpaired) electrons. The maximum Gasteiger partial charge on any atom is 0.407 e. The van der Waals surface area contributed by atoms with Crippen LogP contribution in [0.2, 0.25) is 0 Å². The summed E-state index contributed by atoms with van der Waals surface area (Å²) in [6, 6.07) is 22.9. The number of aromatic amines is 1. The molecule has 0 fully saturated rings. The van der Waals surface area contributed by atoms with Crippen LogP contribution < -0.4 is 5.32 Å². The van der Waals surface area contributed by atoms with Gasteiger partial charge in [-0.15, -0.1) is 0 Å². The lowest BCUT2D eigenvalue weighted by Crippen LogP contribution is -2.29. The number of para-hydroxylation sites is 1. The van der Waals surface area contributed by atoms with Crippen LogP contribution in [0, 0.1) is 0 Å². The molecule has 0 aliphatic heterocycles. The SMILES string of the molecule is O=C(NCCC(O)C(O)c1ccc2[nH]c3ccccc3c2c1)OCc1ccccc1. The summed E-state index contributed by atoms with van der Waals surface area (Å²) in [5.41, 5.74) is 3.53. The van der Waals surface area contributed by atoms with Gasteiger partial charge in [0.25, 0.3) is 0 Å². The Morgan fingerprint density at radius 1 is 0.933 bits per heavy atom. The number of aliphatic hydroxyl groups is 2. The van der Waals surface area contributed by atoms with Crippen molar-refractivity contribution in [3.8, 4) is 0 Å². The van der Waals surface area contributed by atoms with E-state index in [0.717, 1.165) is 27.4 Å². The third kappa shape index (κ3) is 4.45. The molecule has 0 saturated carbocycles. The highest BCUT2D eigenvalue weighted by Gasteiger charge is 2.19. The second kappa shape index (κ2) is 8.98. The molecule has 0 aliphatic rings. The first-order valence-electron chi connectivity index (χ1n) is 9.93. The average molecular weight is 404 g/mol. The van der Waals surface area contributed by atoms with Crippen molar-refractivity contribution in [2.75, 3.05) is 6.54 Å². The zero-order valence-electron chi connectivity index (χ0n) is 16.4. The van der Waals surface area contributed by atoms with E-state index in [9.17, 15) is 15.0 Å². The van der Waals surface area contributed by atoms with Crippen molar-refractivity contribution >= 4 is 27.9 Å². The van der Waals surface area contributed by atoms with Crippen molar-refractivity contribution in [1.82, 2.24) is 10.3 Å². The van der Waals surface area contributed by atoms with Gasteiger partial charge >= 0.3 is 6.09 Å². The summed E-state index contributed by atoms with van der Waals surface area (Å²) < 4.78 is 5.14. The number of fused-ring (bicyclic) bond motifs is 3. The lowest BCUT2D eigenvalue weighted by Gasteiger charge is -2.18. The quantitative estimate of drug-likeness (QED) is 0.374. The van der Waals surface area contributed by atoms with Crippen LogP contribution in [0.1, 0.15) is 23.7 Å². The zero-order valence-corrected chi connectivity index (χ0v) is 16.4. The van der Waals surface area contributed by atoms with Crippen LogP contribution in [0.5, 0.6) is 0 Å². The Hall–Kier alpha value is -3.35. The number of hydrogen-bond donors (Lipinski definition) is 4. The van der Waals surface area contributed by atoms with E-state index in [2.05, 4.69) is 10.3 Å². The molecule has 1 aromatic heterocycles. The van der Waals surface area contributed by atoms with E-state index in [4.69, 9.17) is 4.74 Å². The van der Waals surface area contributed by atoms with Crippen LogP contribution >= 0.6 is 0 Å². The smallest absolute Gasteiger partial charge is 0.407 e. The molecule has 0 aliphatic carbocycles. The third-order valence-electron chi connectivity index (χ3n) is 5.16. The largest absolute Gasteiger partial charge is 0.445 e. The van der Waals surface area contributed by atoms with E-state index in [1.54, 1.807) is 6.07 Å². The summed E-state index contributed by atoms with van der Waals surface area (Å²) >= 11 is 0. The molecule has 154 valence electrons. The van der Waals surface area contributed by atoms with E-state index < -0.39 is 18.3 Å². The van der Waals surface area contributed by atoms with Gasteiger partial charge in [0.1, 0.15) is 12.7 Å². The Labute approximate surface area is 174 Å². The van der Waals surface area contributed by atoms with E-state index in [1.807, 2.05) is 66.7 Å². The number of alkyl carbamates (subject to hydrolysis) is 1. The van der Waals surface area contributed by atoms with Crippen molar-refractivity contribution in [3.05, 3.63) is 83.9 Å². The standard InChI is InChI=1S/C24H24N2O4/c27-22(12-13-25-24(29)30-15-16-6-2-1-3-7-16)23(28)17-10-11-21-19(14-17)18-8-4-5-9-20(18)26-21/h1-11,14,22-23,26-28H,12-13,15H2,(H,25,29). The molecule has 3 aromatic carbocycles. The fraction of sp³-hybridized carbons (Fsp3) is 0.208. The first-order chi connectivity index (χ1) is 14.6. The van der Waals surface area contributed by atoms with Gasteiger partial charge < -0.3 is 25.3 Å². The first kappa shape index (κ1) is 19.9. The fourth-order valence-corrected chi connectivity index (χ4v) is 3.53. The number of hydrogen-bond acceptors (Lipinski definition) is 4. The second-order valence-corrected chi connectivity index (χ2v) is 7.26. The number of rotatable bonds is 7. The Kier molecular flexibility index (Phi) is 5.97. The predicted octanol–water partition coefficient (Wildman–Crippen LogP) is 4.03. The van der Waals surface area contributed by atoms with Gasteiger partial charge in [-0.25, -0.2) is 4.79 Å². The number of ether oxygens (including phenoxy) is 1. The van der Waals surface area contributed by atoms with Gasteiger partial charge in [-0.2, -0.15) is 0 Å². The van der Waals surface area contributed by atoms with Crippen molar-refractivity contribution in [2.24, 2.45) is 0 Å². The highest BCUT2D eigenvalue weighted by atomic mass is 16.5. The van der Waals surface area contributed by atoms with Crippen molar-refractivity contribution in [1.29, 1.82) is 0 Å². The van der Waals surface area contributed by atoms with Crippen molar-refractivity contribution < 1.29 is 19.7 Å². The number of carbonyl (C=O) groups excluding carboxylic acids is 1. The van der Waals surface area contributed by atoms with E-state index in [1.165, 1.54) is 0 Å². The summed E-state index contributed by atoms with van der Waals surface area (Å²) in [5, 5.41) is 25.6. The maximum atomic E-state index is 11.8. The van der Waals surface area contributed by atoms with Gasteiger partial charge in [0, 0.05) is 28.4 Å². The predicted molar refractivity (Wildman–Crippen MR) is 116 cm³/mol. The Bertz CT molecular complexity index is 1140. The molecule has 4 aromatic rings. The minimum atomic E-state index is -1.05. The van der Waals surface area contributed by atoms with Gasteiger partial charge in [0.2, 0.25) is 0 Å². The number of nitrogens with one attached hydrogen (secondary N) is 2. The van der Waals surface area contributed by atoms with Crippen LogP contribution in [-0.4, -0.2) is 33.9 Å². The average Bonchev–Trinajstić information content (AvgIpc) is 3.15. The highest BCUT2D eigenvalue weighted by Crippen LogP contribution is 2.29. The molecule has 2 atom stereocenters. The molecular formula is C24H24N2O4. The summed E-state index contributed by atoms with van der Waals surface area (Å²) in [6.45, 7) is 0.379. The minimum absolute atomic E-state index is 0.183. The Morgan fingerprint density at radius 3 is 2.50 bits per heavy atom. The molecule has 30 heavy (non-hydrogen) atoms. The molecule has 6 heteroatoms. The van der Waals surface area contributed by atoms with Gasteiger partial charge in [0.15, 0.2) is 0 Å². The fourth-order valence-electron chi connectivity index (χ4n) is 3.53. The molecule has 0 bridgehead atoms. The molecule has 4 rings (SSSR count). The number of carbonyl (C=O) groups is 1. The Balaban J connectivity index is 1.31. The molecule has 4 N–H and O–H groups in total. The molecule has 1 heterocycles. The lowest BCUT2D eigenvalue weighted by atomic mass is 10.00. The molecule has 0 spiro atoms. The number of amides is 1. The number of aliphatic hydroxyl groups excluding tert-OH is 2. The summed E-state index contributed by atoms with van der Waals surface area (Å²) in [6.07, 6.45) is -2.42. The van der Waals surface area contributed by atoms with E-state index in [-0.39, 0.29) is 19.6 Å². The maximum absolute atomic E-state index is 11.8. The van der Waals surface area contributed by atoms with Crippen LogP contribution in [0.25, 0.3) is 21.8 Å². The topological polar surface area (TPSA) is 94.6 Å². The zero-order chi connectivity index (χ0) is 20.9.